The molecule has 247 valence electrons. The Labute approximate surface area is 258 Å². The van der Waals surface area contributed by atoms with Gasteiger partial charge in [0.15, 0.2) is 11.9 Å². The molecule has 4 amide bonds. The summed E-state index contributed by atoms with van der Waals surface area (Å²) in [5.74, 6) is -1.88. The minimum absolute atomic E-state index is 0.193. The summed E-state index contributed by atoms with van der Waals surface area (Å²) in [5, 5.41) is 25.4. The number of carbonyl (C=O) groups is 4. The molecule has 0 aliphatic carbocycles. The molecule has 0 saturated carbocycles. The summed E-state index contributed by atoms with van der Waals surface area (Å²) in [4.78, 5) is 68.0. The van der Waals surface area contributed by atoms with Gasteiger partial charge in [0.1, 0.15) is 18.1 Å². The molecule has 2 aliphatic rings. The van der Waals surface area contributed by atoms with Crippen molar-refractivity contribution in [1.29, 1.82) is 10.8 Å². The van der Waals surface area contributed by atoms with Crippen LogP contribution in [0.1, 0.15) is 71.6 Å². The maximum absolute atomic E-state index is 13.8. The average Bonchev–Trinajstić information content (AvgIpc) is 3.65. The van der Waals surface area contributed by atoms with Crippen LogP contribution in [-0.4, -0.2) is 108 Å². The summed E-state index contributed by atoms with van der Waals surface area (Å²) in [6.07, 6.45) is 5.66. The molecule has 0 aromatic rings. The first-order valence-corrected chi connectivity index (χ1v) is 15.4. The van der Waals surface area contributed by atoms with Crippen LogP contribution in [-0.2, 0) is 24.0 Å². The zero-order valence-electron chi connectivity index (χ0n) is 25.8. The maximum Gasteiger partial charge on any atom is 0.245 e. The van der Waals surface area contributed by atoms with Gasteiger partial charge in [0.05, 0.1) is 12.1 Å². The van der Waals surface area contributed by atoms with Crippen LogP contribution >= 0.6 is 0 Å². The largest absolute Gasteiger partial charge is 0.370 e. The number of guanidine groups is 2. The third-order valence-electron chi connectivity index (χ3n) is 7.76. The molecule has 16 nitrogen and oxygen atoms in total. The topological polar surface area (TPSA) is 266 Å². The first kappa shape index (κ1) is 36.2. The van der Waals surface area contributed by atoms with Crippen LogP contribution in [0.25, 0.3) is 0 Å². The second-order valence-electron chi connectivity index (χ2n) is 11.8. The normalized spacial score (nSPS) is 20.0. The molecule has 2 heterocycles. The van der Waals surface area contributed by atoms with Gasteiger partial charge in [-0.15, -0.1) is 0 Å². The third kappa shape index (κ3) is 11.3. The standard InChI is InChI=1S/C28H50N11O5/c1-17(2)15-19(29)25(43)38-13-5-10-22(38)24(42)37-20(8-4-12-35-28(32)33)26(44)39-14-6-9-21(39)23(41)36-18(16-40)7-3-11-34-27(30)31/h17-22H,3-15,29H2,1-2H3,(H,36,41)(H,37,42)(H4,30,31,34)(H4,32,33,35)/t18-,19-,20-,21-,22-/m0/s1. The predicted octanol–water partition coefficient (Wildman–Crippen LogP) is -2.05. The van der Waals surface area contributed by atoms with Crippen LogP contribution in [0.5, 0.6) is 0 Å². The van der Waals surface area contributed by atoms with Crippen molar-refractivity contribution in [3.05, 3.63) is 0 Å². The van der Waals surface area contributed by atoms with Crippen molar-refractivity contribution in [2.45, 2.75) is 102 Å². The zero-order valence-corrected chi connectivity index (χ0v) is 25.8. The number of nitrogens with zero attached hydrogens (tertiary/aromatic N) is 2. The average molecular weight is 621 g/mol. The van der Waals surface area contributed by atoms with E-state index in [0.29, 0.717) is 71.1 Å². The van der Waals surface area contributed by atoms with E-state index in [1.807, 2.05) is 20.1 Å². The van der Waals surface area contributed by atoms with Crippen LogP contribution < -0.4 is 38.5 Å². The fourth-order valence-electron chi connectivity index (χ4n) is 5.64. The Hall–Kier alpha value is -3.95. The second-order valence-corrected chi connectivity index (χ2v) is 11.8. The van der Waals surface area contributed by atoms with E-state index in [1.165, 1.54) is 9.80 Å². The summed E-state index contributed by atoms with van der Waals surface area (Å²) in [7, 11) is 0. The molecule has 2 aliphatic heterocycles. The number of rotatable bonds is 17. The molecule has 2 saturated heterocycles. The highest BCUT2D eigenvalue weighted by atomic mass is 16.2. The molecule has 0 aromatic carbocycles. The predicted molar refractivity (Wildman–Crippen MR) is 165 cm³/mol. The monoisotopic (exact) mass is 620 g/mol. The molecule has 1 radical (unpaired) electrons. The number of hydrogen-bond acceptors (Lipinski definition) is 8. The lowest BCUT2D eigenvalue weighted by Gasteiger charge is -2.31. The zero-order chi connectivity index (χ0) is 32.8. The Morgan fingerprint density at radius 1 is 0.841 bits per heavy atom. The van der Waals surface area contributed by atoms with Gasteiger partial charge < -0.3 is 48.3 Å². The summed E-state index contributed by atoms with van der Waals surface area (Å²) in [5.41, 5.74) is 16.8. The van der Waals surface area contributed by atoms with Gasteiger partial charge in [-0.2, -0.15) is 0 Å². The maximum atomic E-state index is 13.8. The van der Waals surface area contributed by atoms with E-state index in [9.17, 15) is 24.0 Å². The Kier molecular flexibility index (Phi) is 14.8. The first-order valence-electron chi connectivity index (χ1n) is 15.4. The molecule has 12 N–H and O–H groups in total. The molecule has 0 aromatic heterocycles. The Balaban J connectivity index is 2.12. The summed E-state index contributed by atoms with van der Waals surface area (Å²) >= 11 is 0. The molecule has 0 unspecified atom stereocenters. The van der Waals surface area contributed by atoms with Gasteiger partial charge in [0.25, 0.3) is 0 Å². The van der Waals surface area contributed by atoms with Gasteiger partial charge in [0.2, 0.25) is 29.9 Å². The van der Waals surface area contributed by atoms with E-state index in [2.05, 4.69) is 21.3 Å². The number of likely N-dealkylation sites (tertiary alicyclic amines) is 2. The van der Waals surface area contributed by atoms with Gasteiger partial charge in [0, 0.05) is 26.2 Å². The van der Waals surface area contributed by atoms with Crippen molar-refractivity contribution < 1.29 is 24.0 Å². The lowest BCUT2D eigenvalue weighted by molar-refractivity contribution is -0.144. The first-order chi connectivity index (χ1) is 20.8. The van der Waals surface area contributed by atoms with Gasteiger partial charge in [-0.25, -0.2) is 0 Å². The lowest BCUT2D eigenvalue weighted by atomic mass is 10.0. The number of nitrogens with one attached hydrogen (secondary N) is 6. The highest BCUT2D eigenvalue weighted by Crippen LogP contribution is 2.22. The van der Waals surface area contributed by atoms with E-state index in [1.54, 1.807) is 0 Å². The Bertz CT molecular complexity index is 1040. The fourth-order valence-corrected chi connectivity index (χ4v) is 5.64. The third-order valence-corrected chi connectivity index (χ3v) is 7.76. The Morgan fingerprint density at radius 2 is 1.34 bits per heavy atom. The van der Waals surface area contributed by atoms with Gasteiger partial charge >= 0.3 is 0 Å². The minimum Gasteiger partial charge on any atom is -0.370 e. The highest BCUT2D eigenvalue weighted by molar-refractivity contribution is 5.95. The SMILES string of the molecule is CC(C)C[C@H](N)C(=O)N1CCC[C@H]1C(=O)N[C@@H](CCCNC(=N)N)C(=O)N1CCC[C@H]1C(=O)N[C@H]([C]=O)CCCNC(=N)N. The van der Waals surface area contributed by atoms with Crippen molar-refractivity contribution >= 4 is 41.8 Å². The number of carbonyl (C=O) groups excluding carboxylic acids is 5. The van der Waals surface area contributed by atoms with E-state index in [-0.39, 0.29) is 36.6 Å². The smallest absolute Gasteiger partial charge is 0.245 e. The molecule has 2 rings (SSSR count). The van der Waals surface area contributed by atoms with Crippen molar-refractivity contribution in [3.63, 3.8) is 0 Å². The van der Waals surface area contributed by atoms with Crippen molar-refractivity contribution in [1.82, 2.24) is 31.1 Å². The quantitative estimate of drug-likeness (QED) is 0.0488. The van der Waals surface area contributed by atoms with Gasteiger partial charge in [-0.1, -0.05) is 13.8 Å². The van der Waals surface area contributed by atoms with E-state index in [0.717, 1.165) is 0 Å². The summed E-state index contributed by atoms with van der Waals surface area (Å²) in [6.45, 7) is 5.28. The molecular weight excluding hydrogens is 570 g/mol. The number of hydrogen-bond donors (Lipinski definition) is 9. The van der Waals surface area contributed by atoms with Crippen LogP contribution in [0.4, 0.5) is 0 Å². The molecule has 2 fully saturated rings. The molecule has 0 bridgehead atoms. The number of nitrogens with two attached hydrogens (primary N) is 3. The van der Waals surface area contributed by atoms with Crippen molar-refractivity contribution in [2.24, 2.45) is 23.1 Å². The number of amides is 4. The van der Waals surface area contributed by atoms with Crippen LogP contribution in [0.2, 0.25) is 0 Å². The lowest BCUT2D eigenvalue weighted by Crippen LogP contribution is -2.57. The van der Waals surface area contributed by atoms with E-state index in [4.69, 9.17) is 28.0 Å². The minimum atomic E-state index is -0.988. The molecule has 16 heteroatoms. The summed E-state index contributed by atoms with van der Waals surface area (Å²) < 4.78 is 0. The van der Waals surface area contributed by atoms with E-state index < -0.39 is 47.9 Å². The van der Waals surface area contributed by atoms with Crippen molar-refractivity contribution in [2.75, 3.05) is 26.2 Å². The van der Waals surface area contributed by atoms with Crippen molar-refractivity contribution in [3.8, 4) is 0 Å². The van der Waals surface area contributed by atoms with Gasteiger partial charge in [-0.05, 0) is 63.7 Å². The van der Waals surface area contributed by atoms with Crippen LogP contribution in [0, 0.1) is 16.7 Å². The molecule has 0 spiro atoms. The van der Waals surface area contributed by atoms with Crippen LogP contribution in [0.15, 0.2) is 0 Å². The molecular formula is C28H50N11O5. The summed E-state index contributed by atoms with van der Waals surface area (Å²) in [6, 6.07) is -4.19. The Morgan fingerprint density at radius 3 is 1.84 bits per heavy atom. The van der Waals surface area contributed by atoms with Crippen LogP contribution in [0.3, 0.4) is 0 Å². The highest BCUT2D eigenvalue weighted by Gasteiger charge is 2.41. The molecule has 5 atom stereocenters. The van der Waals surface area contributed by atoms with Gasteiger partial charge in [-0.3, -0.25) is 34.8 Å². The van der Waals surface area contributed by atoms with E-state index >= 15 is 0 Å². The fraction of sp³-hybridized carbons (Fsp3) is 0.750. The molecule has 44 heavy (non-hydrogen) atoms. The second kappa shape index (κ2) is 18.0.